The number of hydrogen-bond acceptors (Lipinski definition) is 4. The van der Waals surface area contributed by atoms with E-state index in [1.165, 1.54) is 0 Å². The summed E-state index contributed by atoms with van der Waals surface area (Å²) in [5.74, 6) is 1.95. The van der Waals surface area contributed by atoms with Gasteiger partial charge in [0.15, 0.2) is 5.76 Å². The summed E-state index contributed by atoms with van der Waals surface area (Å²) in [6, 6.07) is 3.39. The Labute approximate surface area is 131 Å². The third kappa shape index (κ3) is 3.76. The summed E-state index contributed by atoms with van der Waals surface area (Å²) in [5, 5.41) is 3.01. The summed E-state index contributed by atoms with van der Waals surface area (Å²) in [6.07, 6.45) is 3.61. The van der Waals surface area contributed by atoms with Gasteiger partial charge in [0.05, 0.1) is 12.6 Å². The van der Waals surface area contributed by atoms with E-state index in [1.54, 1.807) is 12.3 Å². The van der Waals surface area contributed by atoms with Crippen LogP contribution in [-0.2, 0) is 13.6 Å². The van der Waals surface area contributed by atoms with E-state index in [9.17, 15) is 4.79 Å². The topological polar surface area (TPSA) is 63.3 Å². The lowest BCUT2D eigenvalue weighted by atomic mass is 10.0. The Hall–Kier alpha value is -2.08. The van der Waals surface area contributed by atoms with Crippen LogP contribution in [0.25, 0.3) is 0 Å². The van der Waals surface area contributed by atoms with Crippen molar-refractivity contribution < 1.29 is 9.21 Å². The van der Waals surface area contributed by atoms with Crippen LogP contribution in [0, 0.1) is 5.92 Å². The standard InChI is InChI=1S/C16H24N4O2/c1-11(2)14(15-17-8-9-20(15)5)18-16(21)13-7-6-12(22-13)10-19(3)4/h6-9,11,14H,10H2,1-5H3,(H,18,21)/t14-/m0/s1. The Kier molecular flexibility index (Phi) is 5.03. The van der Waals surface area contributed by atoms with Crippen LogP contribution in [0.5, 0.6) is 0 Å². The highest BCUT2D eigenvalue weighted by atomic mass is 16.4. The molecule has 0 spiro atoms. The van der Waals surface area contributed by atoms with Crippen molar-refractivity contribution >= 4 is 5.91 Å². The molecular formula is C16H24N4O2. The van der Waals surface area contributed by atoms with Crippen LogP contribution in [0.15, 0.2) is 28.9 Å². The first-order valence-corrected chi connectivity index (χ1v) is 7.40. The largest absolute Gasteiger partial charge is 0.455 e. The van der Waals surface area contributed by atoms with Gasteiger partial charge in [-0.25, -0.2) is 4.98 Å². The summed E-state index contributed by atoms with van der Waals surface area (Å²) < 4.78 is 7.52. The van der Waals surface area contributed by atoms with Crippen LogP contribution < -0.4 is 5.32 Å². The SMILES string of the molecule is CC(C)[C@H](NC(=O)c1ccc(CN(C)C)o1)c1nccn1C. The minimum absolute atomic E-state index is 0.158. The molecule has 0 saturated heterocycles. The number of hydrogen-bond donors (Lipinski definition) is 1. The van der Waals surface area contributed by atoms with Gasteiger partial charge in [0, 0.05) is 19.4 Å². The molecular weight excluding hydrogens is 280 g/mol. The quantitative estimate of drug-likeness (QED) is 0.888. The number of aryl methyl sites for hydroxylation is 1. The number of nitrogens with zero attached hydrogens (tertiary/aromatic N) is 3. The molecule has 2 rings (SSSR count). The highest BCUT2D eigenvalue weighted by molar-refractivity contribution is 5.91. The molecule has 6 nitrogen and oxygen atoms in total. The van der Waals surface area contributed by atoms with E-state index in [4.69, 9.17) is 4.42 Å². The zero-order valence-corrected chi connectivity index (χ0v) is 13.8. The summed E-state index contributed by atoms with van der Waals surface area (Å²) in [7, 11) is 5.84. The zero-order valence-electron chi connectivity index (χ0n) is 13.8. The Balaban J connectivity index is 2.12. The van der Waals surface area contributed by atoms with E-state index in [2.05, 4.69) is 24.1 Å². The molecule has 0 radical (unpaired) electrons. The van der Waals surface area contributed by atoms with Crippen LogP contribution >= 0.6 is 0 Å². The molecule has 2 aromatic rings. The van der Waals surface area contributed by atoms with Gasteiger partial charge >= 0.3 is 0 Å². The number of furan rings is 1. The minimum Gasteiger partial charge on any atom is -0.455 e. The van der Waals surface area contributed by atoms with Crippen molar-refractivity contribution in [3.63, 3.8) is 0 Å². The molecule has 120 valence electrons. The maximum atomic E-state index is 12.4. The van der Waals surface area contributed by atoms with E-state index < -0.39 is 0 Å². The number of carbonyl (C=O) groups is 1. The van der Waals surface area contributed by atoms with Gasteiger partial charge in [0.1, 0.15) is 11.6 Å². The lowest BCUT2D eigenvalue weighted by Crippen LogP contribution is -2.33. The molecule has 0 unspecified atom stereocenters. The van der Waals surface area contributed by atoms with Gasteiger partial charge in [-0.1, -0.05) is 13.8 Å². The Morgan fingerprint density at radius 3 is 2.68 bits per heavy atom. The number of nitrogens with one attached hydrogen (secondary N) is 1. The number of amides is 1. The van der Waals surface area contributed by atoms with Crippen molar-refractivity contribution in [2.45, 2.75) is 26.4 Å². The van der Waals surface area contributed by atoms with Gasteiger partial charge in [0.25, 0.3) is 5.91 Å². The Morgan fingerprint density at radius 2 is 2.14 bits per heavy atom. The second-order valence-electron chi connectivity index (χ2n) is 6.10. The van der Waals surface area contributed by atoms with E-state index in [1.807, 2.05) is 42.9 Å². The number of carbonyl (C=O) groups excluding carboxylic acids is 1. The fourth-order valence-electron chi connectivity index (χ4n) is 2.32. The van der Waals surface area contributed by atoms with Crippen LogP contribution in [0.3, 0.4) is 0 Å². The van der Waals surface area contributed by atoms with E-state index in [0.29, 0.717) is 12.3 Å². The van der Waals surface area contributed by atoms with Gasteiger partial charge in [0.2, 0.25) is 0 Å². The van der Waals surface area contributed by atoms with Gasteiger partial charge in [-0.05, 0) is 32.1 Å². The van der Waals surface area contributed by atoms with Gasteiger partial charge in [-0.15, -0.1) is 0 Å². The van der Waals surface area contributed by atoms with Crippen molar-refractivity contribution in [3.05, 3.63) is 41.9 Å². The number of imidazole rings is 1. The summed E-state index contributed by atoms with van der Waals surface area (Å²) in [4.78, 5) is 18.7. The molecule has 0 aliphatic rings. The molecule has 0 aromatic carbocycles. The van der Waals surface area contributed by atoms with E-state index in [-0.39, 0.29) is 17.9 Å². The third-order valence-electron chi connectivity index (χ3n) is 3.45. The Bertz CT molecular complexity index is 628. The second kappa shape index (κ2) is 6.79. The smallest absolute Gasteiger partial charge is 0.287 e. The predicted molar refractivity (Wildman–Crippen MR) is 84.4 cm³/mol. The first-order chi connectivity index (χ1) is 10.4. The lowest BCUT2D eigenvalue weighted by molar-refractivity contribution is 0.0891. The highest BCUT2D eigenvalue weighted by Crippen LogP contribution is 2.20. The average molecular weight is 304 g/mol. The van der Waals surface area contributed by atoms with Crippen LogP contribution in [0.2, 0.25) is 0 Å². The summed E-state index contributed by atoms with van der Waals surface area (Å²) in [5.41, 5.74) is 0. The summed E-state index contributed by atoms with van der Waals surface area (Å²) >= 11 is 0. The molecule has 22 heavy (non-hydrogen) atoms. The molecule has 0 aliphatic heterocycles. The maximum absolute atomic E-state index is 12.4. The Morgan fingerprint density at radius 1 is 1.41 bits per heavy atom. The van der Waals surface area contributed by atoms with Gasteiger partial charge in [-0.2, -0.15) is 0 Å². The zero-order chi connectivity index (χ0) is 16.3. The number of aromatic nitrogens is 2. The molecule has 0 aliphatic carbocycles. The molecule has 0 bridgehead atoms. The van der Waals surface area contributed by atoms with Crippen molar-refractivity contribution in [2.24, 2.45) is 13.0 Å². The predicted octanol–water partition coefficient (Wildman–Crippen LogP) is 2.20. The molecule has 1 amide bonds. The minimum atomic E-state index is -0.216. The van der Waals surface area contributed by atoms with Crippen molar-refractivity contribution in [3.8, 4) is 0 Å². The molecule has 0 fully saturated rings. The van der Waals surface area contributed by atoms with Crippen molar-refractivity contribution in [2.75, 3.05) is 14.1 Å². The lowest BCUT2D eigenvalue weighted by Gasteiger charge is -2.21. The fraction of sp³-hybridized carbons (Fsp3) is 0.500. The number of rotatable bonds is 6. The first-order valence-electron chi connectivity index (χ1n) is 7.40. The first kappa shape index (κ1) is 16.3. The molecule has 0 saturated carbocycles. The molecule has 2 aromatic heterocycles. The van der Waals surface area contributed by atoms with E-state index >= 15 is 0 Å². The molecule has 1 atom stereocenters. The van der Waals surface area contributed by atoms with Gasteiger partial charge < -0.3 is 19.2 Å². The average Bonchev–Trinajstić information content (AvgIpc) is 3.04. The second-order valence-corrected chi connectivity index (χ2v) is 6.10. The van der Waals surface area contributed by atoms with Crippen LogP contribution in [-0.4, -0.2) is 34.5 Å². The van der Waals surface area contributed by atoms with Gasteiger partial charge in [-0.3, -0.25) is 4.79 Å². The van der Waals surface area contributed by atoms with E-state index in [0.717, 1.165) is 11.6 Å². The normalized spacial score (nSPS) is 12.9. The third-order valence-corrected chi connectivity index (χ3v) is 3.45. The van der Waals surface area contributed by atoms with Crippen LogP contribution in [0.1, 0.15) is 42.0 Å². The molecule has 1 N–H and O–H groups in total. The maximum Gasteiger partial charge on any atom is 0.287 e. The molecule has 2 heterocycles. The van der Waals surface area contributed by atoms with Crippen molar-refractivity contribution in [1.82, 2.24) is 19.8 Å². The van der Waals surface area contributed by atoms with Crippen molar-refractivity contribution in [1.29, 1.82) is 0 Å². The molecule has 6 heteroatoms. The monoisotopic (exact) mass is 304 g/mol. The fourth-order valence-corrected chi connectivity index (χ4v) is 2.32. The summed E-state index contributed by atoms with van der Waals surface area (Å²) in [6.45, 7) is 4.78. The van der Waals surface area contributed by atoms with Crippen LogP contribution in [0.4, 0.5) is 0 Å². The highest BCUT2D eigenvalue weighted by Gasteiger charge is 2.24.